The van der Waals surface area contributed by atoms with Gasteiger partial charge in [-0.3, -0.25) is 9.59 Å². The highest BCUT2D eigenvalue weighted by molar-refractivity contribution is 6.30. The lowest BCUT2D eigenvalue weighted by atomic mass is 9.90. The number of benzene rings is 2. The van der Waals surface area contributed by atoms with Gasteiger partial charge in [0.25, 0.3) is 0 Å². The zero-order valence-corrected chi connectivity index (χ0v) is 15.8. The summed E-state index contributed by atoms with van der Waals surface area (Å²) < 4.78 is 0. The molecule has 0 fully saturated rings. The molecule has 0 aromatic heterocycles. The zero-order valence-electron chi connectivity index (χ0n) is 15.1. The quantitative estimate of drug-likeness (QED) is 0.817. The largest absolute Gasteiger partial charge is 0.355 e. The minimum atomic E-state index is -1.11. The molecule has 0 saturated carbocycles. The van der Waals surface area contributed by atoms with E-state index in [0.29, 0.717) is 24.5 Å². The van der Waals surface area contributed by atoms with Crippen molar-refractivity contribution in [2.45, 2.75) is 26.7 Å². The summed E-state index contributed by atoms with van der Waals surface area (Å²) in [6.45, 7) is 4.48. The van der Waals surface area contributed by atoms with E-state index in [4.69, 9.17) is 11.6 Å². The van der Waals surface area contributed by atoms with Crippen LogP contribution in [0.5, 0.6) is 0 Å². The number of halogens is 1. The number of nitrogens with zero attached hydrogens (tertiary/aromatic N) is 1. The molecule has 1 N–H and O–H groups in total. The van der Waals surface area contributed by atoms with Crippen molar-refractivity contribution in [2.24, 2.45) is 5.41 Å². The number of hydrogen-bond acceptors (Lipinski definition) is 2. The third-order valence-electron chi connectivity index (χ3n) is 4.85. The van der Waals surface area contributed by atoms with Crippen molar-refractivity contribution in [2.75, 3.05) is 18.0 Å². The van der Waals surface area contributed by atoms with Gasteiger partial charge in [0.1, 0.15) is 5.41 Å². The summed E-state index contributed by atoms with van der Waals surface area (Å²) >= 11 is 5.88. The number of anilines is 1. The summed E-state index contributed by atoms with van der Waals surface area (Å²) in [5.74, 6) is -0.410. The lowest BCUT2D eigenvalue weighted by molar-refractivity contribution is -0.139. The van der Waals surface area contributed by atoms with Gasteiger partial charge in [0, 0.05) is 23.8 Å². The van der Waals surface area contributed by atoms with Crippen LogP contribution in [0.3, 0.4) is 0 Å². The molecule has 26 heavy (non-hydrogen) atoms. The minimum absolute atomic E-state index is 0.161. The van der Waals surface area contributed by atoms with Crippen LogP contribution >= 0.6 is 11.6 Å². The molecule has 0 radical (unpaired) electrons. The monoisotopic (exact) mass is 370 g/mol. The molecule has 2 amide bonds. The number of para-hydroxylation sites is 1. The Kier molecular flexibility index (Phi) is 5.33. The fourth-order valence-corrected chi connectivity index (χ4v) is 3.30. The predicted molar refractivity (Wildman–Crippen MR) is 104 cm³/mol. The molecule has 4 nitrogen and oxygen atoms in total. The first kappa shape index (κ1) is 18.5. The average molecular weight is 371 g/mol. The van der Waals surface area contributed by atoms with Crippen molar-refractivity contribution < 1.29 is 9.59 Å². The van der Waals surface area contributed by atoms with Gasteiger partial charge in [-0.1, -0.05) is 41.9 Å². The first-order valence-corrected chi connectivity index (χ1v) is 9.20. The fraction of sp³-hybridized carbons (Fsp3) is 0.333. The Balaban J connectivity index is 1.61. The van der Waals surface area contributed by atoms with Gasteiger partial charge < -0.3 is 10.2 Å². The van der Waals surface area contributed by atoms with E-state index in [1.807, 2.05) is 48.5 Å². The summed E-state index contributed by atoms with van der Waals surface area (Å²) in [5.41, 5.74) is 2.05. The van der Waals surface area contributed by atoms with E-state index in [9.17, 15) is 9.59 Å². The average Bonchev–Trinajstić information content (AvgIpc) is 3.06. The highest BCUT2D eigenvalue weighted by Crippen LogP contribution is 2.31. The summed E-state index contributed by atoms with van der Waals surface area (Å²) in [4.78, 5) is 27.4. The van der Waals surface area contributed by atoms with Crippen LogP contribution in [0, 0.1) is 5.41 Å². The summed E-state index contributed by atoms with van der Waals surface area (Å²) in [6.07, 6.45) is 1.52. The van der Waals surface area contributed by atoms with Crippen molar-refractivity contribution >= 4 is 29.1 Å². The maximum atomic E-state index is 13.0. The Labute approximate surface area is 159 Å². The molecule has 0 atom stereocenters. The van der Waals surface area contributed by atoms with Gasteiger partial charge in [0.15, 0.2) is 0 Å². The third-order valence-corrected chi connectivity index (χ3v) is 5.10. The standard InChI is InChI=1S/C21H23ClN2O2/c1-21(2,19(25)23-13-11-15-7-9-17(22)10-8-15)20(26)24-14-12-16-5-3-4-6-18(16)24/h3-10H,11-14H2,1-2H3,(H,23,25). The van der Waals surface area contributed by atoms with Gasteiger partial charge in [-0.25, -0.2) is 0 Å². The summed E-state index contributed by atoms with van der Waals surface area (Å²) in [6, 6.07) is 15.4. The van der Waals surface area contributed by atoms with Crippen molar-refractivity contribution in [3.63, 3.8) is 0 Å². The Hall–Kier alpha value is -2.33. The molecule has 2 aromatic carbocycles. The molecule has 1 aliphatic rings. The normalized spacial score (nSPS) is 13.4. The predicted octanol–water partition coefficient (Wildman–Crippen LogP) is 3.61. The van der Waals surface area contributed by atoms with Crippen LogP contribution in [0.2, 0.25) is 5.02 Å². The molecule has 0 saturated heterocycles. The van der Waals surface area contributed by atoms with Gasteiger partial charge >= 0.3 is 0 Å². The van der Waals surface area contributed by atoms with Crippen molar-refractivity contribution in [1.82, 2.24) is 5.32 Å². The van der Waals surface area contributed by atoms with E-state index >= 15 is 0 Å². The number of fused-ring (bicyclic) bond motifs is 1. The SMILES string of the molecule is CC(C)(C(=O)NCCc1ccc(Cl)cc1)C(=O)N1CCc2ccccc21. The van der Waals surface area contributed by atoms with Crippen LogP contribution in [0.25, 0.3) is 0 Å². The first-order valence-electron chi connectivity index (χ1n) is 8.82. The van der Waals surface area contributed by atoms with E-state index in [-0.39, 0.29) is 11.8 Å². The highest BCUT2D eigenvalue weighted by Gasteiger charge is 2.41. The second kappa shape index (κ2) is 7.50. The van der Waals surface area contributed by atoms with E-state index in [2.05, 4.69) is 5.32 Å². The number of carbonyl (C=O) groups is 2. The van der Waals surface area contributed by atoms with Gasteiger partial charge in [0.2, 0.25) is 11.8 Å². The molecule has 1 heterocycles. The van der Waals surface area contributed by atoms with E-state index in [1.165, 1.54) is 0 Å². The molecule has 0 unspecified atom stereocenters. The Bertz CT molecular complexity index is 815. The highest BCUT2D eigenvalue weighted by atomic mass is 35.5. The maximum absolute atomic E-state index is 13.0. The molecule has 0 spiro atoms. The second-order valence-electron chi connectivity index (χ2n) is 7.09. The molecule has 0 aliphatic carbocycles. The molecule has 0 bridgehead atoms. The molecular formula is C21H23ClN2O2. The first-order chi connectivity index (χ1) is 12.4. The lowest BCUT2D eigenvalue weighted by Gasteiger charge is -2.28. The van der Waals surface area contributed by atoms with Gasteiger partial charge in [-0.15, -0.1) is 0 Å². The minimum Gasteiger partial charge on any atom is -0.355 e. The van der Waals surface area contributed by atoms with Gasteiger partial charge in [0.05, 0.1) is 0 Å². The zero-order chi connectivity index (χ0) is 18.7. The molecule has 136 valence electrons. The number of nitrogens with one attached hydrogen (secondary N) is 1. The molecule has 3 rings (SSSR count). The van der Waals surface area contributed by atoms with Crippen LogP contribution in [-0.2, 0) is 22.4 Å². The van der Waals surface area contributed by atoms with Crippen LogP contribution < -0.4 is 10.2 Å². The topological polar surface area (TPSA) is 49.4 Å². The van der Waals surface area contributed by atoms with Crippen LogP contribution in [-0.4, -0.2) is 24.9 Å². The number of amides is 2. The molecule has 1 aliphatic heterocycles. The van der Waals surface area contributed by atoms with E-state index in [1.54, 1.807) is 18.7 Å². The number of hydrogen-bond donors (Lipinski definition) is 1. The Morgan fingerprint density at radius 2 is 1.81 bits per heavy atom. The van der Waals surface area contributed by atoms with Crippen molar-refractivity contribution in [1.29, 1.82) is 0 Å². The van der Waals surface area contributed by atoms with Crippen LogP contribution in [0.15, 0.2) is 48.5 Å². The van der Waals surface area contributed by atoms with Gasteiger partial charge in [-0.05, 0) is 56.0 Å². The third kappa shape index (κ3) is 3.75. The summed E-state index contributed by atoms with van der Waals surface area (Å²) in [5, 5.41) is 3.59. The smallest absolute Gasteiger partial charge is 0.242 e. The second-order valence-corrected chi connectivity index (χ2v) is 7.53. The van der Waals surface area contributed by atoms with E-state index < -0.39 is 5.41 Å². The molecule has 5 heteroatoms. The lowest BCUT2D eigenvalue weighted by Crippen LogP contribution is -2.49. The van der Waals surface area contributed by atoms with Crippen LogP contribution in [0.1, 0.15) is 25.0 Å². The summed E-state index contributed by atoms with van der Waals surface area (Å²) in [7, 11) is 0. The fourth-order valence-electron chi connectivity index (χ4n) is 3.18. The molecular weight excluding hydrogens is 348 g/mol. The molecule has 2 aromatic rings. The van der Waals surface area contributed by atoms with Crippen molar-refractivity contribution in [3.05, 3.63) is 64.7 Å². The maximum Gasteiger partial charge on any atom is 0.242 e. The van der Waals surface area contributed by atoms with Gasteiger partial charge in [-0.2, -0.15) is 0 Å². The van der Waals surface area contributed by atoms with Crippen molar-refractivity contribution in [3.8, 4) is 0 Å². The number of rotatable bonds is 5. The number of carbonyl (C=O) groups excluding carboxylic acids is 2. The Morgan fingerprint density at radius 3 is 2.54 bits per heavy atom. The Morgan fingerprint density at radius 1 is 1.12 bits per heavy atom. The van der Waals surface area contributed by atoms with Crippen LogP contribution in [0.4, 0.5) is 5.69 Å². The van der Waals surface area contributed by atoms with E-state index in [0.717, 1.165) is 23.2 Å².